The zero-order valence-corrected chi connectivity index (χ0v) is 16.8. The van der Waals surface area contributed by atoms with Crippen LogP contribution in [0.15, 0.2) is 96.4 Å². The number of hydrogen-bond donors (Lipinski definition) is 2. The van der Waals surface area contributed by atoms with Crippen LogP contribution < -0.4 is 5.43 Å². The van der Waals surface area contributed by atoms with Gasteiger partial charge in [-0.25, -0.2) is 10.4 Å². The number of aryl methyl sites for hydroxylation is 1. The number of hydrogen-bond acceptors (Lipinski definition) is 4. The SMILES string of the molecule is O=C(CCn1cnc(-c2ccccc2)c1-c1ccccc1)N/N=C\c1ccc(O)cc1. The number of aromatic nitrogens is 2. The van der Waals surface area contributed by atoms with E-state index >= 15 is 0 Å². The summed E-state index contributed by atoms with van der Waals surface area (Å²) in [5.74, 6) is -0.00499. The summed E-state index contributed by atoms with van der Waals surface area (Å²) in [6.45, 7) is 0.477. The molecule has 3 aromatic carbocycles. The van der Waals surface area contributed by atoms with Crippen LogP contribution in [0.1, 0.15) is 12.0 Å². The summed E-state index contributed by atoms with van der Waals surface area (Å²) in [6.07, 6.45) is 3.58. The fourth-order valence-corrected chi connectivity index (χ4v) is 3.27. The third-order valence-corrected chi connectivity index (χ3v) is 4.81. The van der Waals surface area contributed by atoms with Crippen molar-refractivity contribution in [2.24, 2.45) is 5.10 Å². The first-order valence-electron chi connectivity index (χ1n) is 9.97. The van der Waals surface area contributed by atoms with E-state index in [2.05, 4.69) is 15.5 Å². The Balaban J connectivity index is 1.47. The van der Waals surface area contributed by atoms with Gasteiger partial charge in [-0.1, -0.05) is 60.7 Å². The first-order valence-corrected chi connectivity index (χ1v) is 9.97. The van der Waals surface area contributed by atoms with Gasteiger partial charge in [-0.2, -0.15) is 5.10 Å². The second-order valence-electron chi connectivity index (χ2n) is 7.00. The quantitative estimate of drug-likeness (QED) is 0.349. The molecule has 6 heteroatoms. The van der Waals surface area contributed by atoms with E-state index in [-0.39, 0.29) is 18.1 Å². The van der Waals surface area contributed by atoms with Gasteiger partial charge in [0.1, 0.15) is 5.75 Å². The topological polar surface area (TPSA) is 79.5 Å². The first-order chi connectivity index (χ1) is 15.2. The Morgan fingerprint density at radius 1 is 0.935 bits per heavy atom. The molecule has 1 amide bonds. The highest BCUT2D eigenvalue weighted by molar-refractivity contribution is 5.83. The summed E-state index contributed by atoms with van der Waals surface area (Å²) in [4.78, 5) is 16.9. The first kappa shape index (κ1) is 20.1. The van der Waals surface area contributed by atoms with Crippen molar-refractivity contribution in [2.75, 3.05) is 0 Å². The molecule has 31 heavy (non-hydrogen) atoms. The Hall–Kier alpha value is -4.19. The van der Waals surface area contributed by atoms with Gasteiger partial charge in [-0.3, -0.25) is 4.79 Å². The van der Waals surface area contributed by atoms with Crippen molar-refractivity contribution in [2.45, 2.75) is 13.0 Å². The average Bonchev–Trinajstić information content (AvgIpc) is 3.24. The molecule has 0 unspecified atom stereocenters. The van der Waals surface area contributed by atoms with Crippen LogP contribution in [0.4, 0.5) is 0 Å². The minimum absolute atomic E-state index is 0.186. The zero-order chi connectivity index (χ0) is 21.5. The number of amides is 1. The molecule has 0 atom stereocenters. The van der Waals surface area contributed by atoms with Gasteiger partial charge >= 0.3 is 0 Å². The summed E-state index contributed by atoms with van der Waals surface area (Å²) < 4.78 is 2.00. The van der Waals surface area contributed by atoms with Crippen molar-refractivity contribution in [3.8, 4) is 28.3 Å². The number of nitrogens with one attached hydrogen (secondary N) is 1. The molecular weight excluding hydrogens is 388 g/mol. The Morgan fingerprint density at radius 3 is 2.26 bits per heavy atom. The molecule has 1 heterocycles. The van der Waals surface area contributed by atoms with Gasteiger partial charge < -0.3 is 9.67 Å². The normalized spacial score (nSPS) is 11.0. The Morgan fingerprint density at radius 2 is 1.58 bits per heavy atom. The monoisotopic (exact) mass is 410 g/mol. The number of imidazole rings is 1. The highest BCUT2D eigenvalue weighted by Crippen LogP contribution is 2.31. The highest BCUT2D eigenvalue weighted by atomic mass is 16.3. The van der Waals surface area contributed by atoms with E-state index in [1.165, 1.54) is 6.21 Å². The molecule has 154 valence electrons. The van der Waals surface area contributed by atoms with Gasteiger partial charge in [0.25, 0.3) is 0 Å². The van der Waals surface area contributed by atoms with E-state index in [0.717, 1.165) is 28.1 Å². The zero-order valence-electron chi connectivity index (χ0n) is 16.8. The van der Waals surface area contributed by atoms with Gasteiger partial charge in [-0.05, 0) is 29.8 Å². The number of aromatic hydroxyl groups is 1. The van der Waals surface area contributed by atoms with E-state index in [4.69, 9.17) is 0 Å². The van der Waals surface area contributed by atoms with E-state index in [0.29, 0.717) is 6.54 Å². The average molecular weight is 410 g/mol. The molecule has 0 aliphatic rings. The third kappa shape index (κ3) is 5.05. The van der Waals surface area contributed by atoms with Crippen LogP contribution in [0, 0.1) is 0 Å². The number of carbonyl (C=O) groups is 1. The molecule has 0 saturated carbocycles. The lowest BCUT2D eigenvalue weighted by Crippen LogP contribution is -2.19. The summed E-state index contributed by atoms with van der Waals surface area (Å²) >= 11 is 0. The second-order valence-corrected chi connectivity index (χ2v) is 7.00. The molecule has 0 saturated heterocycles. The van der Waals surface area contributed by atoms with Gasteiger partial charge in [0.05, 0.1) is 23.9 Å². The summed E-state index contributed by atoms with van der Waals surface area (Å²) in [5.41, 5.74) is 7.27. The maximum atomic E-state index is 12.3. The minimum atomic E-state index is -0.191. The molecule has 1 aromatic heterocycles. The van der Waals surface area contributed by atoms with Crippen molar-refractivity contribution >= 4 is 12.1 Å². The van der Waals surface area contributed by atoms with Crippen LogP contribution in [0.2, 0.25) is 0 Å². The van der Waals surface area contributed by atoms with Gasteiger partial charge in [-0.15, -0.1) is 0 Å². The lowest BCUT2D eigenvalue weighted by atomic mass is 10.0. The molecule has 0 radical (unpaired) electrons. The minimum Gasteiger partial charge on any atom is -0.508 e. The summed E-state index contributed by atoms with van der Waals surface area (Å²) in [6, 6.07) is 26.6. The molecule has 0 fully saturated rings. The Bertz CT molecular complexity index is 1170. The summed E-state index contributed by atoms with van der Waals surface area (Å²) in [5, 5.41) is 13.3. The number of phenols is 1. The van der Waals surface area contributed by atoms with Crippen molar-refractivity contribution in [1.29, 1.82) is 0 Å². The molecule has 0 aliphatic carbocycles. The van der Waals surface area contributed by atoms with E-state index < -0.39 is 0 Å². The highest BCUT2D eigenvalue weighted by Gasteiger charge is 2.15. The smallest absolute Gasteiger partial charge is 0.241 e. The largest absolute Gasteiger partial charge is 0.508 e. The van der Waals surface area contributed by atoms with E-state index in [1.807, 2.05) is 65.2 Å². The summed E-state index contributed by atoms with van der Waals surface area (Å²) in [7, 11) is 0. The number of nitrogens with zero attached hydrogens (tertiary/aromatic N) is 3. The van der Waals surface area contributed by atoms with Crippen molar-refractivity contribution in [3.05, 3.63) is 96.8 Å². The van der Waals surface area contributed by atoms with Crippen LogP contribution in [0.3, 0.4) is 0 Å². The van der Waals surface area contributed by atoms with Crippen molar-refractivity contribution in [3.63, 3.8) is 0 Å². The van der Waals surface area contributed by atoms with Gasteiger partial charge in [0, 0.05) is 24.1 Å². The molecule has 4 aromatic rings. The van der Waals surface area contributed by atoms with Crippen LogP contribution >= 0.6 is 0 Å². The molecular formula is C25H22N4O2. The van der Waals surface area contributed by atoms with E-state index in [9.17, 15) is 9.90 Å². The lowest BCUT2D eigenvalue weighted by molar-refractivity contribution is -0.121. The standard InChI is InChI=1S/C25H22N4O2/c30-22-13-11-19(12-14-22)17-27-28-23(31)15-16-29-18-26-24(20-7-3-1-4-8-20)25(29)21-9-5-2-6-10-21/h1-14,17-18,30H,15-16H2,(H,28,31)/b27-17-. The molecule has 0 aliphatic heterocycles. The lowest BCUT2D eigenvalue weighted by Gasteiger charge is -2.10. The fraction of sp³-hybridized carbons (Fsp3) is 0.0800. The predicted octanol–water partition coefficient (Wildman–Crippen LogP) is 4.46. The molecule has 6 nitrogen and oxygen atoms in total. The van der Waals surface area contributed by atoms with Crippen LogP contribution in [-0.4, -0.2) is 26.8 Å². The molecule has 0 bridgehead atoms. The molecule has 2 N–H and O–H groups in total. The predicted molar refractivity (Wildman–Crippen MR) is 122 cm³/mol. The van der Waals surface area contributed by atoms with Crippen molar-refractivity contribution < 1.29 is 9.90 Å². The van der Waals surface area contributed by atoms with Gasteiger partial charge in [0.15, 0.2) is 0 Å². The Kier molecular flexibility index (Phi) is 6.18. The molecule has 0 spiro atoms. The molecule has 4 rings (SSSR count). The van der Waals surface area contributed by atoms with Crippen LogP contribution in [-0.2, 0) is 11.3 Å². The maximum absolute atomic E-state index is 12.3. The Labute approximate surface area is 180 Å². The number of rotatable bonds is 7. The van der Waals surface area contributed by atoms with Crippen molar-refractivity contribution in [1.82, 2.24) is 15.0 Å². The van der Waals surface area contributed by atoms with Crippen LogP contribution in [0.5, 0.6) is 5.75 Å². The van der Waals surface area contributed by atoms with Gasteiger partial charge in [0.2, 0.25) is 5.91 Å². The number of hydrazone groups is 1. The van der Waals surface area contributed by atoms with Crippen LogP contribution in [0.25, 0.3) is 22.5 Å². The maximum Gasteiger partial charge on any atom is 0.241 e. The number of phenolic OH excluding ortho intramolecular Hbond substituents is 1. The number of carbonyl (C=O) groups excluding carboxylic acids is 1. The third-order valence-electron chi connectivity index (χ3n) is 4.81. The fourth-order valence-electron chi connectivity index (χ4n) is 3.27. The second kappa shape index (κ2) is 9.54. The number of benzene rings is 3. The van der Waals surface area contributed by atoms with E-state index in [1.54, 1.807) is 30.6 Å².